The van der Waals surface area contributed by atoms with Crippen molar-refractivity contribution in [1.82, 2.24) is 14.7 Å². The number of hydrogen-bond donors (Lipinski definition) is 0. The van der Waals surface area contributed by atoms with Gasteiger partial charge in [-0.3, -0.25) is 9.58 Å². The summed E-state index contributed by atoms with van der Waals surface area (Å²) in [6, 6.07) is 16.3. The minimum Gasteiger partial charge on any atom is -0.489 e. The molecule has 0 radical (unpaired) electrons. The lowest BCUT2D eigenvalue weighted by atomic mass is 10.2. The number of likely N-dealkylation sites (tertiary alicyclic amines) is 1. The number of nitrogens with zero attached hydrogens (tertiary/aromatic N) is 4. The molecule has 0 amide bonds. The molecule has 0 bridgehead atoms. The quantitative estimate of drug-likeness (QED) is 0.532. The predicted octanol–water partition coefficient (Wildman–Crippen LogP) is 4.81. The number of halogens is 2. The van der Waals surface area contributed by atoms with E-state index in [-0.39, 0.29) is 13.0 Å². The molecule has 1 aromatic heterocycles. The highest BCUT2D eigenvalue weighted by atomic mass is 19.3. The Kier molecular flexibility index (Phi) is 5.66. The van der Waals surface area contributed by atoms with Crippen molar-refractivity contribution >= 4 is 16.6 Å². The van der Waals surface area contributed by atoms with E-state index in [4.69, 9.17) is 4.74 Å². The lowest BCUT2D eigenvalue weighted by Crippen LogP contribution is -2.28. The zero-order valence-electron chi connectivity index (χ0n) is 17.8. The van der Waals surface area contributed by atoms with Crippen molar-refractivity contribution in [2.45, 2.75) is 25.5 Å². The van der Waals surface area contributed by atoms with Gasteiger partial charge >= 0.3 is 0 Å². The number of ether oxygens (including phenoxy) is 1. The van der Waals surface area contributed by atoms with Gasteiger partial charge in [-0.25, -0.2) is 8.78 Å². The number of benzene rings is 2. The molecule has 3 heterocycles. The van der Waals surface area contributed by atoms with E-state index in [1.165, 1.54) is 0 Å². The van der Waals surface area contributed by atoms with Crippen LogP contribution in [0.4, 0.5) is 14.5 Å². The largest absolute Gasteiger partial charge is 0.489 e. The van der Waals surface area contributed by atoms with E-state index >= 15 is 0 Å². The summed E-state index contributed by atoms with van der Waals surface area (Å²) in [6.45, 7) is 2.76. The van der Waals surface area contributed by atoms with Crippen LogP contribution in [-0.4, -0.2) is 46.8 Å². The van der Waals surface area contributed by atoms with E-state index in [1.54, 1.807) is 0 Å². The van der Waals surface area contributed by atoms with Crippen molar-refractivity contribution in [2.24, 2.45) is 0 Å². The molecule has 5 rings (SSSR count). The van der Waals surface area contributed by atoms with Crippen molar-refractivity contribution in [3.8, 4) is 0 Å². The van der Waals surface area contributed by atoms with Crippen molar-refractivity contribution in [1.29, 1.82) is 0 Å². The molecule has 7 heteroatoms. The maximum atomic E-state index is 13.4. The minimum absolute atomic E-state index is 0.0486. The first kappa shape index (κ1) is 20.7. The molecule has 0 atom stereocenters. The topological polar surface area (TPSA) is 33.5 Å². The van der Waals surface area contributed by atoms with Gasteiger partial charge in [0.25, 0.3) is 5.92 Å². The Morgan fingerprint density at radius 3 is 2.69 bits per heavy atom. The van der Waals surface area contributed by atoms with E-state index in [0.717, 1.165) is 34.5 Å². The average molecular weight is 437 g/mol. The van der Waals surface area contributed by atoms with Gasteiger partial charge in [-0.05, 0) is 35.9 Å². The van der Waals surface area contributed by atoms with Gasteiger partial charge in [0.05, 0.1) is 24.8 Å². The molecule has 0 N–H and O–H groups in total. The summed E-state index contributed by atoms with van der Waals surface area (Å²) in [7, 11) is 0. The molecular weight excluding hydrogens is 410 g/mol. The first-order valence-corrected chi connectivity index (χ1v) is 10.9. The first-order chi connectivity index (χ1) is 15.6. The van der Waals surface area contributed by atoms with E-state index in [9.17, 15) is 8.78 Å². The fourth-order valence-electron chi connectivity index (χ4n) is 4.19. The fourth-order valence-corrected chi connectivity index (χ4v) is 4.19. The van der Waals surface area contributed by atoms with Crippen LogP contribution in [0, 0.1) is 0 Å². The number of allylic oxidation sites excluding steroid dienone is 1. The second-order valence-electron chi connectivity index (χ2n) is 8.34. The SMILES string of the molecule is FC1(F)CCN(CCn2ncc3cc(N4C=CC(OCc5ccccc5)=CC4)ccc32)C1. The standard InChI is InChI=1S/C25H26F2N4O/c26-25(27)10-13-29(19-25)14-15-31-24-7-6-22(16-21(24)17-28-31)30-11-8-23(9-12-30)32-18-20-4-2-1-3-5-20/h1-9,11,16-17H,10,12-15,18-19H2. The molecule has 2 aromatic carbocycles. The third-order valence-corrected chi connectivity index (χ3v) is 5.99. The van der Waals surface area contributed by atoms with Gasteiger partial charge in [-0.1, -0.05) is 30.3 Å². The minimum atomic E-state index is -2.55. The smallest absolute Gasteiger partial charge is 0.261 e. The second-order valence-corrected chi connectivity index (χ2v) is 8.34. The van der Waals surface area contributed by atoms with Crippen LogP contribution in [0.15, 0.2) is 78.8 Å². The molecule has 32 heavy (non-hydrogen) atoms. The monoisotopic (exact) mass is 436 g/mol. The van der Waals surface area contributed by atoms with Gasteiger partial charge in [0, 0.05) is 43.3 Å². The molecule has 1 fully saturated rings. The molecule has 0 unspecified atom stereocenters. The van der Waals surface area contributed by atoms with E-state index < -0.39 is 5.92 Å². The Labute approximate surface area is 186 Å². The third-order valence-electron chi connectivity index (χ3n) is 5.99. The van der Waals surface area contributed by atoms with Gasteiger partial charge in [0.15, 0.2) is 0 Å². The van der Waals surface area contributed by atoms with Crippen LogP contribution in [-0.2, 0) is 17.9 Å². The van der Waals surface area contributed by atoms with E-state index in [1.807, 2.05) is 46.3 Å². The molecule has 3 aromatic rings. The van der Waals surface area contributed by atoms with Gasteiger partial charge in [-0.15, -0.1) is 0 Å². The normalized spacial score (nSPS) is 18.3. The number of hydrogen-bond acceptors (Lipinski definition) is 4. The van der Waals surface area contributed by atoms with Crippen LogP contribution in [0.1, 0.15) is 12.0 Å². The maximum Gasteiger partial charge on any atom is 0.261 e. The second kappa shape index (κ2) is 8.74. The van der Waals surface area contributed by atoms with Crippen LogP contribution in [0.25, 0.3) is 10.9 Å². The zero-order valence-corrected chi connectivity index (χ0v) is 17.8. The molecule has 1 saturated heterocycles. The summed E-state index contributed by atoms with van der Waals surface area (Å²) in [5, 5.41) is 5.52. The molecule has 2 aliphatic heterocycles. The van der Waals surface area contributed by atoms with Crippen LogP contribution in [0.3, 0.4) is 0 Å². The number of fused-ring (bicyclic) bond motifs is 1. The van der Waals surface area contributed by atoms with Crippen LogP contribution in [0.5, 0.6) is 0 Å². The summed E-state index contributed by atoms with van der Waals surface area (Å²) in [5.41, 5.74) is 3.24. The van der Waals surface area contributed by atoms with Crippen molar-refractivity contribution in [3.63, 3.8) is 0 Å². The Morgan fingerprint density at radius 2 is 1.94 bits per heavy atom. The van der Waals surface area contributed by atoms with Gasteiger partial charge in [-0.2, -0.15) is 5.10 Å². The Morgan fingerprint density at radius 1 is 1.06 bits per heavy atom. The summed E-state index contributed by atoms with van der Waals surface area (Å²) >= 11 is 0. The zero-order chi connectivity index (χ0) is 22.0. The summed E-state index contributed by atoms with van der Waals surface area (Å²) in [5.74, 6) is -1.68. The highest BCUT2D eigenvalue weighted by molar-refractivity contribution is 5.83. The number of rotatable bonds is 7. The first-order valence-electron chi connectivity index (χ1n) is 10.9. The van der Waals surface area contributed by atoms with Crippen LogP contribution >= 0.6 is 0 Å². The Balaban J connectivity index is 1.19. The molecule has 0 spiro atoms. The van der Waals surface area contributed by atoms with Crippen molar-refractivity contribution in [3.05, 3.63) is 84.4 Å². The summed E-state index contributed by atoms with van der Waals surface area (Å²) < 4.78 is 34.6. The molecule has 2 aliphatic rings. The van der Waals surface area contributed by atoms with E-state index in [0.29, 0.717) is 26.2 Å². The average Bonchev–Trinajstić information content (AvgIpc) is 3.39. The lowest BCUT2D eigenvalue weighted by molar-refractivity contribution is 0.0119. The summed E-state index contributed by atoms with van der Waals surface area (Å²) in [6.07, 6.45) is 7.87. The van der Waals surface area contributed by atoms with Gasteiger partial charge < -0.3 is 9.64 Å². The number of alkyl halides is 2. The summed E-state index contributed by atoms with van der Waals surface area (Å²) in [4.78, 5) is 3.96. The highest BCUT2D eigenvalue weighted by Gasteiger charge is 2.37. The molecule has 0 aliphatic carbocycles. The highest BCUT2D eigenvalue weighted by Crippen LogP contribution is 2.27. The number of aromatic nitrogens is 2. The fraction of sp³-hybridized carbons (Fsp3) is 0.320. The number of anilines is 1. The third kappa shape index (κ3) is 4.67. The van der Waals surface area contributed by atoms with Gasteiger partial charge in [0.1, 0.15) is 12.4 Å². The molecule has 166 valence electrons. The maximum absolute atomic E-state index is 13.4. The van der Waals surface area contributed by atoms with Crippen LogP contribution < -0.4 is 4.90 Å². The Hall–Kier alpha value is -3.19. The molecular formula is C25H26F2N4O. The predicted molar refractivity (Wildman–Crippen MR) is 122 cm³/mol. The van der Waals surface area contributed by atoms with Crippen molar-refractivity contribution < 1.29 is 13.5 Å². The van der Waals surface area contributed by atoms with Crippen molar-refractivity contribution in [2.75, 3.05) is 31.1 Å². The van der Waals surface area contributed by atoms with E-state index in [2.05, 4.69) is 46.4 Å². The van der Waals surface area contributed by atoms with Gasteiger partial charge in [0.2, 0.25) is 0 Å². The molecule has 5 nitrogen and oxygen atoms in total. The Bertz CT molecular complexity index is 1140. The lowest BCUT2D eigenvalue weighted by Gasteiger charge is -2.23. The van der Waals surface area contributed by atoms with Crippen LogP contribution in [0.2, 0.25) is 0 Å². The molecule has 0 saturated carbocycles.